The Morgan fingerprint density at radius 1 is 1.00 bits per heavy atom. The Labute approximate surface area is 180 Å². The Kier molecular flexibility index (Phi) is 13.8. The Morgan fingerprint density at radius 3 is 2.17 bits per heavy atom. The maximum atomic E-state index is 11.5. The Morgan fingerprint density at radius 2 is 1.59 bits per heavy atom. The van der Waals surface area contributed by atoms with Crippen LogP contribution in [0, 0.1) is 0 Å². The first-order valence-electron chi connectivity index (χ1n) is 12.3. The van der Waals surface area contributed by atoms with E-state index in [1.54, 1.807) is 6.92 Å². The van der Waals surface area contributed by atoms with Crippen LogP contribution in [0.15, 0.2) is 24.6 Å². The minimum atomic E-state index is 0.0470. The van der Waals surface area contributed by atoms with Gasteiger partial charge in [0.1, 0.15) is 6.20 Å². The average Bonchev–Trinajstić information content (AvgIpc) is 3.12. The molecule has 4 heteroatoms. The van der Waals surface area contributed by atoms with Crippen molar-refractivity contribution >= 4 is 5.91 Å². The summed E-state index contributed by atoms with van der Waals surface area (Å²) in [7, 11) is 0. The van der Waals surface area contributed by atoms with Crippen LogP contribution in [0.4, 0.5) is 0 Å². The second kappa shape index (κ2) is 15.5. The van der Waals surface area contributed by atoms with Crippen molar-refractivity contribution in [1.29, 1.82) is 0 Å². The topological polar surface area (TPSA) is 41.1 Å². The van der Waals surface area contributed by atoms with Gasteiger partial charge >= 0.3 is 0 Å². The molecular weight excluding hydrogens is 358 g/mol. The predicted octanol–water partition coefficient (Wildman–Crippen LogP) is 6.35. The van der Waals surface area contributed by atoms with Gasteiger partial charge in [-0.1, -0.05) is 64.0 Å². The number of carbonyl (C=O) groups excluding carboxylic acids is 1. The zero-order valence-corrected chi connectivity index (χ0v) is 19.7. The molecule has 3 atom stereocenters. The lowest BCUT2D eigenvalue weighted by atomic mass is 10.1. The fraction of sp³-hybridized carbons (Fsp3) is 0.800. The second-order valence-electron chi connectivity index (χ2n) is 8.71. The molecule has 0 spiro atoms. The molecule has 0 aromatic carbocycles. The van der Waals surface area contributed by atoms with Crippen molar-refractivity contribution in [3.8, 4) is 0 Å². The summed E-state index contributed by atoms with van der Waals surface area (Å²) in [4.78, 5) is 11.5. The van der Waals surface area contributed by atoms with Gasteiger partial charge in [-0.3, -0.25) is 9.28 Å². The molecule has 168 valence electrons. The first kappa shape index (κ1) is 25.7. The summed E-state index contributed by atoms with van der Waals surface area (Å²) < 4.78 is 0.803. The van der Waals surface area contributed by atoms with Crippen LogP contribution in [0.2, 0.25) is 0 Å². The maximum absolute atomic E-state index is 11.5. The van der Waals surface area contributed by atoms with Crippen LogP contribution >= 0.6 is 0 Å². The molecular formula is C25H48N3O+. The van der Waals surface area contributed by atoms with Crippen LogP contribution in [-0.4, -0.2) is 29.3 Å². The summed E-state index contributed by atoms with van der Waals surface area (Å²) in [5.74, 6) is 0.0470. The summed E-state index contributed by atoms with van der Waals surface area (Å²) in [6, 6.07) is 0. The van der Waals surface area contributed by atoms with Crippen molar-refractivity contribution in [1.82, 2.24) is 10.6 Å². The van der Waals surface area contributed by atoms with Crippen LogP contribution in [0.3, 0.4) is 0 Å². The minimum Gasteiger partial charge on any atom is -0.338 e. The van der Waals surface area contributed by atoms with Crippen molar-refractivity contribution in [2.75, 3.05) is 6.54 Å². The van der Waals surface area contributed by atoms with Gasteiger partial charge in [-0.05, 0) is 39.0 Å². The summed E-state index contributed by atoms with van der Waals surface area (Å²) in [6.45, 7) is 9.19. The van der Waals surface area contributed by atoms with E-state index < -0.39 is 0 Å². The highest BCUT2D eigenvalue weighted by Gasteiger charge is 2.41. The van der Waals surface area contributed by atoms with Gasteiger partial charge in [-0.2, -0.15) is 0 Å². The van der Waals surface area contributed by atoms with E-state index in [0.29, 0.717) is 6.17 Å². The molecule has 0 fully saturated rings. The fourth-order valence-electron chi connectivity index (χ4n) is 4.50. The van der Waals surface area contributed by atoms with Crippen LogP contribution in [0.1, 0.15) is 111 Å². The lowest BCUT2D eigenvalue weighted by Gasteiger charge is -2.41. The third-order valence-electron chi connectivity index (χ3n) is 6.39. The van der Waals surface area contributed by atoms with Crippen LogP contribution in [0.5, 0.6) is 0 Å². The molecule has 1 amide bonds. The Bertz CT molecular complexity index is 488. The fourth-order valence-corrected chi connectivity index (χ4v) is 4.50. The van der Waals surface area contributed by atoms with Crippen LogP contribution < -0.4 is 10.6 Å². The van der Waals surface area contributed by atoms with Gasteiger partial charge in [0.05, 0.1) is 12.7 Å². The molecule has 0 aromatic heterocycles. The number of amides is 1. The Hall–Kier alpha value is -1.29. The van der Waals surface area contributed by atoms with Gasteiger partial charge in [0.25, 0.3) is 0 Å². The van der Waals surface area contributed by atoms with E-state index in [4.69, 9.17) is 0 Å². The molecule has 3 unspecified atom stereocenters. The molecule has 0 saturated carbocycles. The predicted molar refractivity (Wildman–Crippen MR) is 125 cm³/mol. The number of rotatable bonds is 17. The number of hydrogen-bond acceptors (Lipinski definition) is 2. The van der Waals surface area contributed by atoms with Crippen molar-refractivity contribution in [2.45, 2.75) is 123 Å². The summed E-state index contributed by atoms with van der Waals surface area (Å²) >= 11 is 0. The van der Waals surface area contributed by atoms with Gasteiger partial charge in [-0.25, -0.2) is 0 Å². The Balaban J connectivity index is 2.11. The van der Waals surface area contributed by atoms with Gasteiger partial charge in [0, 0.05) is 20.3 Å². The normalized spacial score (nSPS) is 22.1. The van der Waals surface area contributed by atoms with Gasteiger partial charge in [-0.15, -0.1) is 0 Å². The van der Waals surface area contributed by atoms with Gasteiger partial charge < -0.3 is 10.6 Å². The minimum absolute atomic E-state index is 0.0470. The van der Waals surface area contributed by atoms with Crippen LogP contribution in [-0.2, 0) is 4.79 Å². The monoisotopic (exact) mass is 406 g/mol. The molecule has 1 rings (SSSR count). The number of nitrogens with zero attached hydrogens (tertiary/aromatic N) is 1. The lowest BCUT2D eigenvalue weighted by Crippen LogP contribution is -2.62. The van der Waals surface area contributed by atoms with E-state index in [0.717, 1.165) is 17.4 Å². The van der Waals surface area contributed by atoms with Crippen molar-refractivity contribution in [2.24, 2.45) is 0 Å². The quantitative estimate of drug-likeness (QED) is 0.168. The SMILES string of the molecule is CCCCCCCCC/C=C/CCCCCC1NC=C[N+]1(CC)C(C)NC(C)=O. The molecule has 0 aliphatic carbocycles. The standard InChI is InChI=1S/C25H47N3O/c1-5-7-8-9-10-11-12-13-14-15-16-17-18-19-20-25-26-21-22-28(25,6-2)23(3)27-24(4)29/h14-15,21-23,25-26H,5-13,16-20H2,1-4H3/p+1/b15-14+. The highest BCUT2D eigenvalue weighted by Crippen LogP contribution is 2.26. The molecule has 1 aliphatic rings. The van der Waals surface area contributed by atoms with E-state index in [-0.39, 0.29) is 12.1 Å². The number of carbonyl (C=O) groups is 1. The molecule has 0 saturated heterocycles. The molecule has 0 bridgehead atoms. The highest BCUT2D eigenvalue weighted by atomic mass is 16.1. The van der Waals surface area contributed by atoms with E-state index in [2.05, 4.69) is 56.0 Å². The first-order chi connectivity index (χ1) is 14.1. The first-order valence-corrected chi connectivity index (χ1v) is 12.3. The molecule has 2 N–H and O–H groups in total. The van der Waals surface area contributed by atoms with Crippen molar-refractivity contribution in [3.05, 3.63) is 24.6 Å². The molecule has 4 nitrogen and oxygen atoms in total. The third kappa shape index (κ3) is 9.84. The maximum Gasteiger partial charge on any atom is 0.221 e. The smallest absolute Gasteiger partial charge is 0.221 e. The van der Waals surface area contributed by atoms with Gasteiger partial charge in [0.15, 0.2) is 12.3 Å². The number of nitrogens with one attached hydrogen (secondary N) is 2. The summed E-state index contributed by atoms with van der Waals surface area (Å²) in [6.07, 6.45) is 26.7. The van der Waals surface area contributed by atoms with E-state index in [9.17, 15) is 4.79 Å². The number of hydrogen-bond donors (Lipinski definition) is 2. The number of quaternary nitrogens is 1. The van der Waals surface area contributed by atoms with Crippen molar-refractivity contribution in [3.63, 3.8) is 0 Å². The summed E-state index contributed by atoms with van der Waals surface area (Å²) in [5, 5.41) is 6.62. The lowest BCUT2D eigenvalue weighted by molar-refractivity contribution is -0.923. The molecule has 0 aromatic rings. The molecule has 29 heavy (non-hydrogen) atoms. The zero-order valence-electron chi connectivity index (χ0n) is 19.7. The van der Waals surface area contributed by atoms with E-state index >= 15 is 0 Å². The zero-order chi connectivity index (χ0) is 21.4. The van der Waals surface area contributed by atoms with Gasteiger partial charge in [0.2, 0.25) is 5.91 Å². The van der Waals surface area contributed by atoms with E-state index in [1.165, 1.54) is 77.0 Å². The highest BCUT2D eigenvalue weighted by molar-refractivity contribution is 5.72. The molecule has 0 radical (unpaired) electrons. The van der Waals surface area contributed by atoms with Crippen LogP contribution in [0.25, 0.3) is 0 Å². The number of allylic oxidation sites excluding steroid dienone is 2. The molecule has 1 aliphatic heterocycles. The average molecular weight is 407 g/mol. The third-order valence-corrected chi connectivity index (χ3v) is 6.39. The molecule has 1 heterocycles. The van der Waals surface area contributed by atoms with Crippen molar-refractivity contribution < 1.29 is 9.28 Å². The number of unbranched alkanes of at least 4 members (excludes halogenated alkanes) is 10. The largest absolute Gasteiger partial charge is 0.338 e. The summed E-state index contributed by atoms with van der Waals surface area (Å²) in [5.41, 5.74) is 0. The van der Waals surface area contributed by atoms with E-state index in [1.807, 2.05) is 0 Å². The second-order valence-corrected chi connectivity index (χ2v) is 8.71.